The molecule has 0 bridgehead atoms. The monoisotopic (exact) mass is 272 g/mol. The van der Waals surface area contributed by atoms with Gasteiger partial charge in [0.1, 0.15) is 5.82 Å². The molecule has 1 heterocycles. The van der Waals surface area contributed by atoms with E-state index in [4.69, 9.17) is 10.7 Å². The summed E-state index contributed by atoms with van der Waals surface area (Å²) in [4.78, 5) is 3.74. The van der Waals surface area contributed by atoms with Crippen LogP contribution in [0.1, 0.15) is 25.6 Å². The Hall–Kier alpha value is -0.690. The molecule has 0 spiro atoms. The number of rotatable bonds is 4. The van der Waals surface area contributed by atoms with Crippen molar-refractivity contribution in [1.29, 1.82) is 0 Å². The minimum Gasteiger partial charge on any atom is -0.328 e. The van der Waals surface area contributed by atoms with Crippen LogP contribution in [0.2, 0.25) is 0 Å². The highest BCUT2D eigenvalue weighted by Gasteiger charge is 2.20. The van der Waals surface area contributed by atoms with Crippen LogP contribution in [-0.2, 0) is 15.6 Å². The lowest BCUT2D eigenvalue weighted by Crippen LogP contribution is -2.10. The van der Waals surface area contributed by atoms with Crippen LogP contribution in [0.15, 0.2) is 11.2 Å². The zero-order valence-corrected chi connectivity index (χ0v) is 10.3. The maximum atomic E-state index is 12.2. The first-order valence-corrected chi connectivity index (χ1v) is 6.82. The number of hydrogen-bond donors (Lipinski definition) is 0. The third-order valence-electron chi connectivity index (χ3n) is 1.89. The van der Waals surface area contributed by atoms with Crippen molar-refractivity contribution >= 4 is 19.7 Å². The van der Waals surface area contributed by atoms with Gasteiger partial charge in [0, 0.05) is 22.8 Å². The number of halogens is 3. The van der Waals surface area contributed by atoms with Crippen LogP contribution in [0.25, 0.3) is 0 Å². The van der Waals surface area contributed by atoms with E-state index in [1.54, 1.807) is 13.8 Å². The van der Waals surface area contributed by atoms with Crippen LogP contribution in [0.3, 0.4) is 0 Å². The Labute approximate surface area is 96.7 Å². The lowest BCUT2D eigenvalue weighted by Gasteiger charge is -2.08. The molecule has 0 aliphatic heterocycles. The second-order valence-corrected chi connectivity index (χ2v) is 6.09. The molecule has 0 fully saturated rings. The van der Waals surface area contributed by atoms with Gasteiger partial charge in [-0.15, -0.1) is 0 Å². The first-order valence-electron chi connectivity index (χ1n) is 4.51. The van der Waals surface area contributed by atoms with Crippen LogP contribution in [0, 0.1) is 0 Å². The second-order valence-electron chi connectivity index (χ2n) is 3.57. The fraction of sp³-hybridized carbons (Fsp3) is 0.625. The molecule has 1 rings (SSSR count). The quantitative estimate of drug-likeness (QED) is 0.790. The molecule has 0 aliphatic carbocycles. The molecule has 4 nitrogen and oxygen atoms in total. The molecule has 0 atom stereocenters. The van der Waals surface area contributed by atoms with Crippen molar-refractivity contribution in [2.45, 2.75) is 37.8 Å². The molecule has 8 heteroatoms. The predicted octanol–water partition coefficient (Wildman–Crippen LogP) is 2.20. The first kappa shape index (κ1) is 13.4. The van der Waals surface area contributed by atoms with Gasteiger partial charge in [-0.2, -0.15) is 0 Å². The highest BCUT2D eigenvalue weighted by Crippen LogP contribution is 2.20. The molecular formula is C8H11ClF2N2O2S. The highest BCUT2D eigenvalue weighted by atomic mass is 35.7. The fourth-order valence-electron chi connectivity index (χ4n) is 1.28. The van der Waals surface area contributed by atoms with E-state index in [0.717, 1.165) is 10.8 Å². The lowest BCUT2D eigenvalue weighted by atomic mass is 10.2. The maximum absolute atomic E-state index is 12.2. The average molecular weight is 273 g/mol. The van der Waals surface area contributed by atoms with Gasteiger partial charge in [-0.3, -0.25) is 0 Å². The minimum absolute atomic E-state index is 0.161. The predicted molar refractivity (Wildman–Crippen MR) is 55.4 cm³/mol. The molecule has 92 valence electrons. The third-order valence-corrected chi connectivity index (χ3v) is 3.06. The van der Waals surface area contributed by atoms with E-state index >= 15 is 0 Å². The van der Waals surface area contributed by atoms with E-state index in [0.29, 0.717) is 0 Å². The summed E-state index contributed by atoms with van der Waals surface area (Å²) in [5.41, 5.74) is 0. The van der Waals surface area contributed by atoms with Crippen molar-refractivity contribution in [2.75, 3.05) is 0 Å². The number of alkyl halides is 2. The first-order chi connectivity index (χ1) is 7.21. The molecule has 0 aromatic carbocycles. The third kappa shape index (κ3) is 3.15. The molecule has 0 amide bonds. The van der Waals surface area contributed by atoms with Crippen molar-refractivity contribution in [3.63, 3.8) is 0 Å². The zero-order valence-electron chi connectivity index (χ0n) is 8.69. The number of aromatic nitrogens is 2. The van der Waals surface area contributed by atoms with Gasteiger partial charge in [-0.05, 0) is 0 Å². The van der Waals surface area contributed by atoms with Gasteiger partial charge >= 0.3 is 0 Å². The van der Waals surface area contributed by atoms with Crippen molar-refractivity contribution in [3.05, 3.63) is 12.0 Å². The average Bonchev–Trinajstić information content (AvgIpc) is 2.45. The van der Waals surface area contributed by atoms with Crippen LogP contribution >= 0.6 is 10.7 Å². The van der Waals surface area contributed by atoms with E-state index in [1.807, 2.05) is 0 Å². The summed E-state index contributed by atoms with van der Waals surface area (Å²) in [5, 5.41) is -0.390. The minimum atomic E-state index is -3.98. The van der Waals surface area contributed by atoms with Crippen LogP contribution in [0.5, 0.6) is 0 Å². The molecule has 1 aromatic rings. The van der Waals surface area contributed by atoms with Gasteiger partial charge in [0.25, 0.3) is 15.5 Å². The Bertz CT molecular complexity index is 470. The van der Waals surface area contributed by atoms with Gasteiger partial charge in [0.2, 0.25) is 0 Å². The van der Waals surface area contributed by atoms with Crippen LogP contribution in [-0.4, -0.2) is 24.4 Å². The second kappa shape index (κ2) is 4.67. The summed E-state index contributed by atoms with van der Waals surface area (Å²) in [6.45, 7) is 2.87. The Balaban J connectivity index is 3.20. The number of hydrogen-bond acceptors (Lipinski definition) is 3. The van der Waals surface area contributed by atoms with Crippen LogP contribution in [0.4, 0.5) is 8.78 Å². The SMILES string of the molecule is CC(C)c1nc(S(=O)(=O)Cl)cn1CC(F)F. The van der Waals surface area contributed by atoms with Crippen molar-refractivity contribution < 1.29 is 17.2 Å². The normalized spacial score (nSPS) is 12.7. The topological polar surface area (TPSA) is 52.0 Å². The summed E-state index contributed by atoms with van der Waals surface area (Å²) >= 11 is 0. The van der Waals surface area contributed by atoms with Gasteiger partial charge in [0.15, 0.2) is 5.03 Å². The Morgan fingerprint density at radius 1 is 1.50 bits per heavy atom. The number of imidazole rings is 1. The van der Waals surface area contributed by atoms with E-state index < -0.39 is 27.0 Å². The fourth-order valence-corrected chi connectivity index (χ4v) is 1.96. The van der Waals surface area contributed by atoms with E-state index in [9.17, 15) is 17.2 Å². The summed E-state index contributed by atoms with van der Waals surface area (Å²) in [6.07, 6.45) is -1.54. The van der Waals surface area contributed by atoms with Gasteiger partial charge < -0.3 is 4.57 Å². The van der Waals surface area contributed by atoms with Crippen molar-refractivity contribution in [1.82, 2.24) is 9.55 Å². The largest absolute Gasteiger partial charge is 0.328 e. The van der Waals surface area contributed by atoms with E-state index in [1.165, 1.54) is 0 Å². The standard InChI is InChI=1S/C8H11ClF2N2O2S/c1-5(2)8-12-7(16(9,14)15)4-13(8)3-6(10)11/h4-6H,3H2,1-2H3. The molecule has 0 radical (unpaired) electrons. The Kier molecular flexibility index (Phi) is 3.90. The van der Waals surface area contributed by atoms with E-state index in [2.05, 4.69) is 4.98 Å². The molecular weight excluding hydrogens is 262 g/mol. The molecule has 0 aliphatic rings. The highest BCUT2D eigenvalue weighted by molar-refractivity contribution is 8.13. The summed E-state index contributed by atoms with van der Waals surface area (Å²) in [7, 11) is 1.12. The van der Waals surface area contributed by atoms with Crippen LogP contribution < -0.4 is 0 Å². The van der Waals surface area contributed by atoms with Gasteiger partial charge in [0.05, 0.1) is 6.54 Å². The maximum Gasteiger partial charge on any atom is 0.280 e. The van der Waals surface area contributed by atoms with E-state index in [-0.39, 0.29) is 11.7 Å². The molecule has 0 saturated carbocycles. The van der Waals surface area contributed by atoms with Crippen molar-refractivity contribution in [2.24, 2.45) is 0 Å². The Morgan fingerprint density at radius 3 is 2.44 bits per heavy atom. The summed E-state index contributed by atoms with van der Waals surface area (Å²) in [6, 6.07) is 0. The van der Waals surface area contributed by atoms with Crippen molar-refractivity contribution in [3.8, 4) is 0 Å². The zero-order chi connectivity index (χ0) is 12.5. The molecule has 0 unspecified atom stereocenters. The molecule has 0 saturated heterocycles. The van der Waals surface area contributed by atoms with Gasteiger partial charge in [-0.1, -0.05) is 13.8 Å². The summed E-state index contributed by atoms with van der Waals surface area (Å²) in [5.74, 6) is 0.116. The number of nitrogens with zero attached hydrogens (tertiary/aromatic N) is 2. The Morgan fingerprint density at radius 2 is 2.06 bits per heavy atom. The molecule has 0 N–H and O–H groups in total. The smallest absolute Gasteiger partial charge is 0.280 e. The lowest BCUT2D eigenvalue weighted by molar-refractivity contribution is 0.125. The van der Waals surface area contributed by atoms with Gasteiger partial charge in [-0.25, -0.2) is 22.2 Å². The summed E-state index contributed by atoms with van der Waals surface area (Å²) < 4.78 is 47.6. The molecule has 1 aromatic heterocycles. The molecule has 16 heavy (non-hydrogen) atoms.